The Bertz CT molecular complexity index is 823. The number of ether oxygens (including phenoxy) is 1. The molecule has 0 N–H and O–H groups in total. The zero-order valence-electron chi connectivity index (χ0n) is 13.1. The van der Waals surface area contributed by atoms with Crippen molar-refractivity contribution in [3.63, 3.8) is 0 Å². The summed E-state index contributed by atoms with van der Waals surface area (Å²) in [7, 11) is -2.09. The predicted octanol–water partition coefficient (Wildman–Crippen LogP) is 3.94. The lowest BCUT2D eigenvalue weighted by Crippen LogP contribution is -2.55. The number of benzene rings is 2. The Labute approximate surface area is 135 Å². The zero-order chi connectivity index (χ0) is 16.7. The summed E-state index contributed by atoms with van der Waals surface area (Å²) in [6.07, 6.45) is 1.02. The monoisotopic (exact) mass is 336 g/mol. The molecule has 0 spiro atoms. The quantitative estimate of drug-likeness (QED) is 0.797. The molecular weight excluding hydrogens is 317 g/mol. The van der Waals surface area contributed by atoms with Gasteiger partial charge in [-0.05, 0) is 6.07 Å². The first kappa shape index (κ1) is 16.0. The minimum absolute atomic E-state index is 0.282. The van der Waals surface area contributed by atoms with Gasteiger partial charge in [0, 0.05) is 30.7 Å². The van der Waals surface area contributed by atoms with E-state index in [1.165, 1.54) is 18.2 Å². The summed E-state index contributed by atoms with van der Waals surface area (Å²) < 4.78 is 45.3. The van der Waals surface area contributed by atoms with Crippen LogP contribution in [0.5, 0.6) is 5.75 Å². The number of para-hydroxylation sites is 1. The van der Waals surface area contributed by atoms with E-state index in [0.29, 0.717) is 24.2 Å². The molecular formula is C17H19FNO3S+. The molecule has 4 nitrogen and oxygen atoms in total. The van der Waals surface area contributed by atoms with Crippen LogP contribution in [0.25, 0.3) is 0 Å². The number of hydrogen-bond donors (Lipinski definition) is 0. The standard InChI is InChI=1S/C17H19FNO3S/c1-3-7-17-22-16-12-13(18)10-11-15(16)19(2,23(17,20)21)14-8-5-4-6-9-14/h4-6,8-12,17H,3,7H2,1-2H3/q+1/t17-,19?/m0/s1. The molecule has 0 bridgehead atoms. The first-order valence-corrected chi connectivity index (χ1v) is 9.04. The Morgan fingerprint density at radius 1 is 1.17 bits per heavy atom. The van der Waals surface area contributed by atoms with Crippen LogP contribution in [0, 0.1) is 5.82 Å². The third-order valence-corrected chi connectivity index (χ3v) is 6.68. The Hall–Kier alpha value is -1.92. The summed E-state index contributed by atoms with van der Waals surface area (Å²) in [4.78, 5) is 0. The molecule has 0 fully saturated rings. The van der Waals surface area contributed by atoms with Gasteiger partial charge in [0.2, 0.25) is 5.44 Å². The Morgan fingerprint density at radius 2 is 1.87 bits per heavy atom. The molecule has 2 atom stereocenters. The van der Waals surface area contributed by atoms with Crippen molar-refractivity contribution in [1.29, 1.82) is 0 Å². The summed E-state index contributed by atoms with van der Waals surface area (Å²) in [6, 6.07) is 12.9. The van der Waals surface area contributed by atoms with Gasteiger partial charge in [0.05, 0.1) is 7.05 Å². The molecule has 0 aromatic heterocycles. The summed E-state index contributed by atoms with van der Waals surface area (Å²) in [5.41, 5.74) is 0.0294. The van der Waals surface area contributed by atoms with E-state index in [4.69, 9.17) is 4.74 Å². The summed E-state index contributed by atoms with van der Waals surface area (Å²) in [5, 5.41) is 0. The number of hydrogen-bond acceptors (Lipinski definition) is 3. The van der Waals surface area contributed by atoms with Gasteiger partial charge in [-0.3, -0.25) is 0 Å². The molecule has 23 heavy (non-hydrogen) atoms. The first-order chi connectivity index (χ1) is 10.9. The fraction of sp³-hybridized carbons (Fsp3) is 0.294. The van der Waals surface area contributed by atoms with E-state index in [2.05, 4.69) is 0 Å². The summed E-state index contributed by atoms with van der Waals surface area (Å²) in [6.45, 7) is 1.90. The Kier molecular flexibility index (Phi) is 3.90. The molecule has 3 rings (SSSR count). The van der Waals surface area contributed by atoms with Gasteiger partial charge in [-0.1, -0.05) is 31.5 Å². The lowest BCUT2D eigenvalue weighted by Gasteiger charge is -2.39. The van der Waals surface area contributed by atoms with Gasteiger partial charge in [0.1, 0.15) is 5.82 Å². The van der Waals surface area contributed by atoms with Crippen LogP contribution in [-0.2, 0) is 10.0 Å². The van der Waals surface area contributed by atoms with Crippen molar-refractivity contribution < 1.29 is 17.5 Å². The lowest BCUT2D eigenvalue weighted by molar-refractivity contribution is 0.239. The van der Waals surface area contributed by atoms with Crippen LogP contribution in [0.2, 0.25) is 0 Å². The van der Waals surface area contributed by atoms with Crippen LogP contribution in [0.4, 0.5) is 15.8 Å². The molecule has 1 unspecified atom stereocenters. The van der Waals surface area contributed by atoms with E-state index in [0.717, 1.165) is 0 Å². The first-order valence-electron chi connectivity index (χ1n) is 7.54. The summed E-state index contributed by atoms with van der Waals surface area (Å²) in [5.74, 6) is -0.164. The van der Waals surface area contributed by atoms with Gasteiger partial charge in [0.25, 0.3) is 0 Å². The van der Waals surface area contributed by atoms with Gasteiger partial charge in [-0.25, -0.2) is 4.39 Å². The van der Waals surface area contributed by atoms with Gasteiger partial charge < -0.3 is 4.74 Å². The van der Waals surface area contributed by atoms with Gasteiger partial charge in [-0.15, -0.1) is 0 Å². The number of sulfonamides is 1. The maximum absolute atomic E-state index is 13.6. The third kappa shape index (κ3) is 2.33. The number of quaternary nitrogens is 1. The zero-order valence-corrected chi connectivity index (χ0v) is 13.9. The van der Waals surface area contributed by atoms with Crippen LogP contribution in [0.1, 0.15) is 19.8 Å². The van der Waals surface area contributed by atoms with Crippen molar-refractivity contribution in [3.05, 3.63) is 54.3 Å². The topological polar surface area (TPSA) is 43.4 Å². The van der Waals surface area contributed by atoms with E-state index in [1.54, 1.807) is 31.3 Å². The van der Waals surface area contributed by atoms with Crippen molar-refractivity contribution in [2.24, 2.45) is 0 Å². The second kappa shape index (κ2) is 5.62. The minimum atomic E-state index is -3.71. The van der Waals surface area contributed by atoms with Crippen molar-refractivity contribution in [3.8, 4) is 5.75 Å². The highest BCUT2D eigenvalue weighted by atomic mass is 32.2. The molecule has 1 aliphatic rings. The fourth-order valence-electron chi connectivity index (χ4n) is 2.95. The molecule has 1 aliphatic heterocycles. The number of nitrogens with zero attached hydrogens (tertiary/aromatic N) is 1. The van der Waals surface area contributed by atoms with Crippen LogP contribution >= 0.6 is 0 Å². The second-order valence-corrected chi connectivity index (χ2v) is 8.01. The Morgan fingerprint density at radius 3 is 2.52 bits per heavy atom. The molecule has 0 saturated heterocycles. The second-order valence-electron chi connectivity index (χ2n) is 5.72. The molecule has 0 amide bonds. The maximum Gasteiger partial charge on any atom is 0.344 e. The number of halogens is 1. The summed E-state index contributed by atoms with van der Waals surface area (Å²) >= 11 is 0. The average molecular weight is 336 g/mol. The van der Waals surface area contributed by atoms with E-state index in [1.807, 2.05) is 13.0 Å². The SMILES string of the molecule is CCC[C@H]1Oc2cc(F)ccc2[N+](C)(c2ccccc2)S1(=O)=O. The number of fused-ring (bicyclic) bond motifs is 1. The van der Waals surface area contributed by atoms with E-state index in [9.17, 15) is 12.8 Å². The molecule has 1 heterocycles. The smallest absolute Gasteiger partial charge is 0.344 e. The van der Waals surface area contributed by atoms with Crippen molar-refractivity contribution in [2.45, 2.75) is 25.2 Å². The fourth-order valence-corrected chi connectivity index (χ4v) is 5.02. The van der Waals surface area contributed by atoms with Crippen LogP contribution in [0.3, 0.4) is 0 Å². The minimum Gasteiger partial charge on any atom is -0.462 e. The normalized spacial score (nSPS) is 25.4. The van der Waals surface area contributed by atoms with Crippen LogP contribution < -0.4 is 8.63 Å². The van der Waals surface area contributed by atoms with E-state index in [-0.39, 0.29) is 5.75 Å². The van der Waals surface area contributed by atoms with Gasteiger partial charge in [-0.2, -0.15) is 12.3 Å². The van der Waals surface area contributed by atoms with Gasteiger partial charge in [0.15, 0.2) is 17.1 Å². The average Bonchev–Trinajstić information content (AvgIpc) is 2.53. The molecule has 0 radical (unpaired) electrons. The molecule has 2 aromatic carbocycles. The molecule has 6 heteroatoms. The van der Waals surface area contributed by atoms with Crippen LogP contribution in [-0.4, -0.2) is 20.9 Å². The molecule has 0 saturated carbocycles. The lowest BCUT2D eigenvalue weighted by atomic mass is 10.2. The maximum atomic E-state index is 13.6. The number of rotatable bonds is 3. The molecule has 122 valence electrons. The van der Waals surface area contributed by atoms with Crippen molar-refractivity contribution >= 4 is 21.4 Å². The Balaban J connectivity index is 2.31. The highest BCUT2D eigenvalue weighted by Gasteiger charge is 2.53. The van der Waals surface area contributed by atoms with Crippen molar-refractivity contribution in [1.82, 2.24) is 3.89 Å². The molecule has 0 aliphatic carbocycles. The van der Waals surface area contributed by atoms with Crippen LogP contribution in [0.15, 0.2) is 48.5 Å². The van der Waals surface area contributed by atoms with E-state index < -0.39 is 25.2 Å². The van der Waals surface area contributed by atoms with Gasteiger partial charge >= 0.3 is 10.0 Å². The van der Waals surface area contributed by atoms with Crippen molar-refractivity contribution in [2.75, 3.05) is 7.05 Å². The largest absolute Gasteiger partial charge is 0.462 e. The predicted molar refractivity (Wildman–Crippen MR) is 88.5 cm³/mol. The highest BCUT2D eigenvalue weighted by Crippen LogP contribution is 2.48. The van der Waals surface area contributed by atoms with E-state index >= 15 is 0 Å². The highest BCUT2D eigenvalue weighted by molar-refractivity contribution is 7.91. The molecule has 2 aromatic rings. The third-order valence-electron chi connectivity index (χ3n) is 4.25.